The molecule has 1 aromatic rings. The molecule has 1 saturated heterocycles. The Bertz CT molecular complexity index is 472. The topological polar surface area (TPSA) is 32.3 Å². The van der Waals surface area contributed by atoms with Gasteiger partial charge in [0.25, 0.3) is 0 Å². The molecule has 0 atom stereocenters. The number of hydrogen-bond acceptors (Lipinski definition) is 2. The first kappa shape index (κ1) is 14.6. The summed E-state index contributed by atoms with van der Waals surface area (Å²) in [4.78, 5) is 15.0. The number of nitrogens with zero attached hydrogens (tertiary/aromatic N) is 1. The van der Waals surface area contributed by atoms with Crippen molar-refractivity contribution < 1.29 is 4.79 Å². The van der Waals surface area contributed by atoms with Crippen molar-refractivity contribution in [1.82, 2.24) is 10.2 Å². The average molecular weight is 286 g/mol. The van der Waals surface area contributed by atoms with Crippen LogP contribution in [0.15, 0.2) is 24.3 Å². The van der Waals surface area contributed by atoms with Gasteiger partial charge in [-0.1, -0.05) is 31.2 Å². The molecule has 0 unspecified atom stereocenters. The number of benzene rings is 1. The van der Waals surface area contributed by atoms with Crippen LogP contribution in [-0.4, -0.2) is 29.9 Å². The molecule has 1 heterocycles. The summed E-state index contributed by atoms with van der Waals surface area (Å²) in [5.41, 5.74) is 2.63. The minimum absolute atomic E-state index is 0.238. The second-order valence-corrected chi connectivity index (χ2v) is 6.39. The van der Waals surface area contributed by atoms with Crippen LogP contribution in [0.3, 0.4) is 0 Å². The second kappa shape index (κ2) is 6.61. The average Bonchev–Trinajstić information content (AvgIpc) is 3.38. The number of rotatable bonds is 5. The van der Waals surface area contributed by atoms with E-state index in [4.69, 9.17) is 0 Å². The molecule has 114 valence electrons. The predicted octanol–water partition coefficient (Wildman–Crippen LogP) is 2.74. The van der Waals surface area contributed by atoms with E-state index in [2.05, 4.69) is 41.4 Å². The SMILES string of the molecule is CCc1ccc(CN(C(=O)C2CCNCC2)C2CC2)cc1. The standard InChI is InChI=1S/C18H26N2O/c1-2-14-3-5-15(6-4-14)13-20(17-7-8-17)18(21)16-9-11-19-12-10-16/h3-6,16-17,19H,2,7-13H2,1H3. The van der Waals surface area contributed by atoms with Gasteiger partial charge in [-0.25, -0.2) is 0 Å². The lowest BCUT2D eigenvalue weighted by atomic mass is 9.96. The molecular formula is C18H26N2O. The van der Waals surface area contributed by atoms with Crippen molar-refractivity contribution in [3.63, 3.8) is 0 Å². The monoisotopic (exact) mass is 286 g/mol. The van der Waals surface area contributed by atoms with Gasteiger partial charge >= 0.3 is 0 Å². The second-order valence-electron chi connectivity index (χ2n) is 6.39. The lowest BCUT2D eigenvalue weighted by molar-refractivity contribution is -0.137. The summed E-state index contributed by atoms with van der Waals surface area (Å²) in [5.74, 6) is 0.625. The molecule has 1 amide bonds. The third kappa shape index (κ3) is 3.65. The fourth-order valence-corrected chi connectivity index (χ4v) is 3.15. The quantitative estimate of drug-likeness (QED) is 0.902. The van der Waals surface area contributed by atoms with E-state index in [1.165, 1.54) is 24.0 Å². The molecule has 0 aromatic heterocycles. The Labute approximate surface area is 127 Å². The number of carbonyl (C=O) groups excluding carboxylic acids is 1. The highest BCUT2D eigenvalue weighted by atomic mass is 16.2. The minimum Gasteiger partial charge on any atom is -0.335 e. The third-order valence-electron chi connectivity index (χ3n) is 4.74. The van der Waals surface area contributed by atoms with Gasteiger partial charge in [-0.15, -0.1) is 0 Å². The zero-order valence-electron chi connectivity index (χ0n) is 13.0. The molecule has 0 radical (unpaired) electrons. The maximum absolute atomic E-state index is 12.8. The molecule has 1 aromatic carbocycles. The number of aryl methyl sites for hydroxylation is 1. The molecule has 1 saturated carbocycles. The zero-order chi connectivity index (χ0) is 14.7. The molecular weight excluding hydrogens is 260 g/mol. The molecule has 0 bridgehead atoms. The molecule has 3 nitrogen and oxygen atoms in total. The van der Waals surface area contributed by atoms with Crippen molar-refractivity contribution in [2.45, 2.75) is 51.6 Å². The fraction of sp³-hybridized carbons (Fsp3) is 0.611. The van der Waals surface area contributed by atoms with Crippen LogP contribution in [0, 0.1) is 5.92 Å². The number of carbonyl (C=O) groups is 1. The largest absolute Gasteiger partial charge is 0.335 e. The Hall–Kier alpha value is -1.35. The first-order valence-electron chi connectivity index (χ1n) is 8.37. The number of hydrogen-bond donors (Lipinski definition) is 1. The van der Waals surface area contributed by atoms with Gasteiger partial charge in [0.15, 0.2) is 0 Å². The Morgan fingerprint density at radius 3 is 2.29 bits per heavy atom. The van der Waals surface area contributed by atoms with Gasteiger partial charge in [0.05, 0.1) is 0 Å². The maximum Gasteiger partial charge on any atom is 0.226 e. The Balaban J connectivity index is 1.67. The third-order valence-corrected chi connectivity index (χ3v) is 4.74. The van der Waals surface area contributed by atoms with Crippen LogP contribution in [-0.2, 0) is 17.8 Å². The molecule has 3 heteroatoms. The number of nitrogens with one attached hydrogen (secondary N) is 1. The molecule has 21 heavy (non-hydrogen) atoms. The highest BCUT2D eigenvalue weighted by molar-refractivity contribution is 5.79. The smallest absolute Gasteiger partial charge is 0.226 e. The van der Waals surface area contributed by atoms with Gasteiger partial charge in [0.2, 0.25) is 5.91 Å². The molecule has 1 aliphatic carbocycles. The maximum atomic E-state index is 12.8. The summed E-state index contributed by atoms with van der Waals surface area (Å²) in [5, 5.41) is 3.34. The van der Waals surface area contributed by atoms with E-state index in [-0.39, 0.29) is 5.92 Å². The van der Waals surface area contributed by atoms with Crippen LogP contribution in [0.1, 0.15) is 43.7 Å². The predicted molar refractivity (Wildman–Crippen MR) is 85.0 cm³/mol. The summed E-state index contributed by atoms with van der Waals surface area (Å²) < 4.78 is 0. The molecule has 2 aliphatic rings. The van der Waals surface area contributed by atoms with Crippen LogP contribution in [0.2, 0.25) is 0 Å². The van der Waals surface area contributed by atoms with Crippen molar-refractivity contribution in [1.29, 1.82) is 0 Å². The summed E-state index contributed by atoms with van der Waals surface area (Å²) in [6.07, 6.45) is 5.43. The van der Waals surface area contributed by atoms with Crippen molar-refractivity contribution >= 4 is 5.91 Å². The first-order valence-corrected chi connectivity index (χ1v) is 8.37. The van der Waals surface area contributed by atoms with Crippen molar-refractivity contribution in [3.05, 3.63) is 35.4 Å². The van der Waals surface area contributed by atoms with Crippen LogP contribution in [0.25, 0.3) is 0 Å². The lowest BCUT2D eigenvalue weighted by Crippen LogP contribution is -2.41. The molecule has 3 rings (SSSR count). The van der Waals surface area contributed by atoms with Gasteiger partial charge < -0.3 is 10.2 Å². The number of amides is 1. The molecule has 1 aliphatic heterocycles. The summed E-state index contributed by atoms with van der Waals surface area (Å²) in [6, 6.07) is 9.25. The van der Waals surface area contributed by atoms with Crippen LogP contribution >= 0.6 is 0 Å². The van der Waals surface area contributed by atoms with Crippen LogP contribution in [0.4, 0.5) is 0 Å². The van der Waals surface area contributed by atoms with E-state index in [0.29, 0.717) is 11.9 Å². The zero-order valence-corrected chi connectivity index (χ0v) is 13.0. The van der Waals surface area contributed by atoms with Gasteiger partial charge in [-0.3, -0.25) is 4.79 Å². The fourth-order valence-electron chi connectivity index (χ4n) is 3.15. The Morgan fingerprint density at radius 2 is 1.71 bits per heavy atom. The normalized spacial score (nSPS) is 19.5. The van der Waals surface area contributed by atoms with Crippen LogP contribution < -0.4 is 5.32 Å². The minimum atomic E-state index is 0.238. The molecule has 2 fully saturated rings. The van der Waals surface area contributed by atoms with Crippen molar-refractivity contribution in [2.24, 2.45) is 5.92 Å². The van der Waals surface area contributed by atoms with E-state index >= 15 is 0 Å². The highest BCUT2D eigenvalue weighted by Crippen LogP contribution is 2.31. The van der Waals surface area contributed by atoms with Gasteiger partial charge in [-0.05, 0) is 56.3 Å². The van der Waals surface area contributed by atoms with E-state index in [9.17, 15) is 4.79 Å². The van der Waals surface area contributed by atoms with E-state index in [0.717, 1.165) is 38.9 Å². The van der Waals surface area contributed by atoms with Gasteiger partial charge in [0, 0.05) is 18.5 Å². The van der Waals surface area contributed by atoms with Crippen molar-refractivity contribution in [2.75, 3.05) is 13.1 Å². The lowest BCUT2D eigenvalue weighted by Gasteiger charge is -2.30. The van der Waals surface area contributed by atoms with Gasteiger partial charge in [0.1, 0.15) is 0 Å². The number of piperidine rings is 1. The van der Waals surface area contributed by atoms with E-state index < -0.39 is 0 Å². The first-order chi connectivity index (χ1) is 10.3. The van der Waals surface area contributed by atoms with E-state index in [1.807, 2.05) is 0 Å². The van der Waals surface area contributed by atoms with Crippen molar-refractivity contribution in [3.8, 4) is 0 Å². The van der Waals surface area contributed by atoms with Crippen LogP contribution in [0.5, 0.6) is 0 Å². The van der Waals surface area contributed by atoms with E-state index in [1.54, 1.807) is 0 Å². The molecule has 1 N–H and O–H groups in total. The summed E-state index contributed by atoms with van der Waals surface area (Å²) in [6.45, 7) is 4.93. The summed E-state index contributed by atoms with van der Waals surface area (Å²) >= 11 is 0. The molecule has 0 spiro atoms. The summed E-state index contributed by atoms with van der Waals surface area (Å²) in [7, 11) is 0. The Kier molecular flexibility index (Phi) is 4.59. The Morgan fingerprint density at radius 1 is 1.10 bits per heavy atom. The van der Waals surface area contributed by atoms with Gasteiger partial charge in [-0.2, -0.15) is 0 Å². The highest BCUT2D eigenvalue weighted by Gasteiger charge is 2.36.